The van der Waals surface area contributed by atoms with Crippen LogP contribution in [0.25, 0.3) is 0 Å². The maximum atomic E-state index is 12.4. The molecule has 1 N–H and O–H groups in total. The molecule has 1 aliphatic rings. The molecule has 132 valence electrons. The minimum absolute atomic E-state index is 0.0607. The zero-order chi connectivity index (χ0) is 17.6. The van der Waals surface area contributed by atoms with E-state index in [2.05, 4.69) is 17.4 Å². The Kier molecular flexibility index (Phi) is 5.95. The Bertz CT molecular complexity index is 683. The lowest BCUT2D eigenvalue weighted by Crippen LogP contribution is -2.42. The highest BCUT2D eigenvalue weighted by Crippen LogP contribution is 2.33. The lowest BCUT2D eigenvalue weighted by Gasteiger charge is -2.35. The molecule has 0 saturated carbocycles. The topological polar surface area (TPSA) is 41.6 Å². The predicted octanol–water partition coefficient (Wildman–Crippen LogP) is 4.97. The van der Waals surface area contributed by atoms with Crippen molar-refractivity contribution in [2.24, 2.45) is 5.92 Å². The number of hydrogen-bond donors (Lipinski definition) is 1. The van der Waals surface area contributed by atoms with Crippen molar-refractivity contribution in [2.45, 2.75) is 18.9 Å². The average Bonchev–Trinajstić information content (AvgIpc) is 2.66. The van der Waals surface area contributed by atoms with Crippen molar-refractivity contribution in [3.05, 3.63) is 65.2 Å². The Morgan fingerprint density at radius 1 is 1.12 bits per heavy atom. The van der Waals surface area contributed by atoms with E-state index in [0.29, 0.717) is 10.9 Å². The van der Waals surface area contributed by atoms with Gasteiger partial charge in [0.1, 0.15) is 0 Å². The van der Waals surface area contributed by atoms with E-state index in [9.17, 15) is 4.79 Å². The van der Waals surface area contributed by atoms with Gasteiger partial charge in [0, 0.05) is 30.9 Å². The van der Waals surface area contributed by atoms with Crippen molar-refractivity contribution >= 4 is 23.3 Å². The standard InChI is InChI=1S/C20H23ClN2O2/c1-25-19(15-5-3-2-4-6-15)16-11-13-23(14-12-16)20(24)22-18-9-7-17(21)8-10-18/h2-10,16,19H,11-14H2,1H3,(H,22,24). The van der Waals surface area contributed by atoms with Crippen LogP contribution in [0.15, 0.2) is 54.6 Å². The number of carbonyl (C=O) groups excluding carboxylic acids is 1. The number of piperidine rings is 1. The van der Waals surface area contributed by atoms with Crippen molar-refractivity contribution in [3.8, 4) is 0 Å². The summed E-state index contributed by atoms with van der Waals surface area (Å²) in [7, 11) is 1.76. The smallest absolute Gasteiger partial charge is 0.321 e. The van der Waals surface area contributed by atoms with Crippen LogP contribution in [-0.4, -0.2) is 31.1 Å². The van der Waals surface area contributed by atoms with Gasteiger partial charge in [0.2, 0.25) is 0 Å². The van der Waals surface area contributed by atoms with Crippen LogP contribution in [0.5, 0.6) is 0 Å². The van der Waals surface area contributed by atoms with Crippen LogP contribution < -0.4 is 5.32 Å². The lowest BCUT2D eigenvalue weighted by atomic mass is 9.87. The second-order valence-electron chi connectivity index (χ2n) is 6.33. The zero-order valence-corrected chi connectivity index (χ0v) is 15.1. The summed E-state index contributed by atoms with van der Waals surface area (Å²) in [5.41, 5.74) is 1.96. The van der Waals surface area contributed by atoms with E-state index >= 15 is 0 Å². The van der Waals surface area contributed by atoms with Gasteiger partial charge in [-0.1, -0.05) is 41.9 Å². The fourth-order valence-electron chi connectivity index (χ4n) is 3.38. The van der Waals surface area contributed by atoms with E-state index in [1.54, 1.807) is 19.2 Å². The highest BCUT2D eigenvalue weighted by molar-refractivity contribution is 6.30. The molecule has 1 atom stereocenters. The molecule has 3 rings (SSSR count). The molecular weight excluding hydrogens is 336 g/mol. The van der Waals surface area contributed by atoms with Gasteiger partial charge in [-0.3, -0.25) is 0 Å². The van der Waals surface area contributed by atoms with Crippen molar-refractivity contribution < 1.29 is 9.53 Å². The zero-order valence-electron chi connectivity index (χ0n) is 14.3. The molecule has 0 aliphatic carbocycles. The Labute approximate surface area is 153 Å². The van der Waals surface area contributed by atoms with E-state index in [4.69, 9.17) is 16.3 Å². The maximum absolute atomic E-state index is 12.4. The summed E-state index contributed by atoms with van der Waals surface area (Å²) >= 11 is 5.87. The first-order chi connectivity index (χ1) is 12.2. The van der Waals surface area contributed by atoms with Gasteiger partial charge in [-0.05, 0) is 48.6 Å². The number of anilines is 1. The quantitative estimate of drug-likeness (QED) is 0.838. The number of halogens is 1. The summed E-state index contributed by atoms with van der Waals surface area (Å²) in [5.74, 6) is 0.423. The molecule has 0 radical (unpaired) electrons. The molecule has 2 amide bonds. The van der Waals surface area contributed by atoms with Crippen molar-refractivity contribution in [1.82, 2.24) is 4.90 Å². The first kappa shape index (κ1) is 17.8. The molecule has 25 heavy (non-hydrogen) atoms. The van der Waals surface area contributed by atoms with Crippen LogP contribution in [0, 0.1) is 5.92 Å². The summed E-state index contributed by atoms with van der Waals surface area (Å²) in [5, 5.41) is 3.58. The number of ether oxygens (including phenoxy) is 1. The van der Waals surface area contributed by atoms with E-state index in [1.807, 2.05) is 35.2 Å². The fourth-order valence-corrected chi connectivity index (χ4v) is 3.51. The largest absolute Gasteiger partial charge is 0.376 e. The summed E-state index contributed by atoms with van der Waals surface area (Å²) < 4.78 is 5.75. The van der Waals surface area contributed by atoms with Crippen molar-refractivity contribution in [1.29, 1.82) is 0 Å². The third-order valence-corrected chi connectivity index (χ3v) is 4.98. The number of nitrogens with zero attached hydrogens (tertiary/aromatic N) is 1. The molecule has 0 aromatic heterocycles. The molecule has 2 aromatic carbocycles. The summed E-state index contributed by atoms with van der Waals surface area (Å²) in [6.07, 6.45) is 1.95. The first-order valence-corrected chi connectivity index (χ1v) is 8.94. The number of methoxy groups -OCH3 is 1. The summed E-state index contributed by atoms with van der Waals surface area (Å²) in [6, 6.07) is 17.4. The second-order valence-corrected chi connectivity index (χ2v) is 6.76. The van der Waals surface area contributed by atoms with Gasteiger partial charge in [0.05, 0.1) is 6.10 Å². The van der Waals surface area contributed by atoms with Gasteiger partial charge >= 0.3 is 6.03 Å². The third kappa shape index (κ3) is 4.53. The van der Waals surface area contributed by atoms with E-state index in [1.165, 1.54) is 5.56 Å². The van der Waals surface area contributed by atoms with Crippen LogP contribution in [0.2, 0.25) is 5.02 Å². The molecule has 5 heteroatoms. The van der Waals surface area contributed by atoms with Crippen LogP contribution >= 0.6 is 11.6 Å². The highest BCUT2D eigenvalue weighted by atomic mass is 35.5. The molecule has 2 aromatic rings. The van der Waals surface area contributed by atoms with Crippen molar-refractivity contribution in [2.75, 3.05) is 25.5 Å². The minimum Gasteiger partial charge on any atom is -0.376 e. The number of nitrogens with one attached hydrogen (secondary N) is 1. The van der Waals surface area contributed by atoms with Crippen LogP contribution in [0.1, 0.15) is 24.5 Å². The minimum atomic E-state index is -0.0607. The molecule has 1 fully saturated rings. The maximum Gasteiger partial charge on any atom is 0.321 e. The number of hydrogen-bond acceptors (Lipinski definition) is 2. The number of amides is 2. The predicted molar refractivity (Wildman–Crippen MR) is 101 cm³/mol. The molecular formula is C20H23ClN2O2. The second kappa shape index (κ2) is 8.37. The van der Waals surface area contributed by atoms with E-state index in [0.717, 1.165) is 31.6 Å². The first-order valence-electron chi connectivity index (χ1n) is 8.56. The van der Waals surface area contributed by atoms with Gasteiger partial charge in [0.15, 0.2) is 0 Å². The molecule has 1 saturated heterocycles. The summed E-state index contributed by atoms with van der Waals surface area (Å²) in [4.78, 5) is 14.3. The third-order valence-electron chi connectivity index (χ3n) is 4.73. The summed E-state index contributed by atoms with van der Waals surface area (Å²) in [6.45, 7) is 1.47. The number of benzene rings is 2. The number of carbonyl (C=O) groups is 1. The van der Waals surface area contributed by atoms with Gasteiger partial charge in [-0.15, -0.1) is 0 Å². The number of rotatable bonds is 4. The number of urea groups is 1. The van der Waals surface area contributed by atoms with Crippen LogP contribution in [-0.2, 0) is 4.74 Å². The molecule has 1 heterocycles. The normalized spacial score (nSPS) is 16.5. The monoisotopic (exact) mass is 358 g/mol. The lowest BCUT2D eigenvalue weighted by molar-refractivity contribution is 0.0264. The molecule has 4 nitrogen and oxygen atoms in total. The van der Waals surface area contributed by atoms with Gasteiger partial charge in [0.25, 0.3) is 0 Å². The Morgan fingerprint density at radius 2 is 1.76 bits per heavy atom. The van der Waals surface area contributed by atoms with Crippen LogP contribution in [0.4, 0.5) is 10.5 Å². The highest BCUT2D eigenvalue weighted by Gasteiger charge is 2.29. The Morgan fingerprint density at radius 3 is 2.36 bits per heavy atom. The van der Waals surface area contributed by atoms with Crippen LogP contribution in [0.3, 0.4) is 0 Å². The molecule has 1 aliphatic heterocycles. The Hall–Kier alpha value is -2.04. The van der Waals surface area contributed by atoms with E-state index in [-0.39, 0.29) is 12.1 Å². The van der Waals surface area contributed by atoms with Gasteiger partial charge in [-0.2, -0.15) is 0 Å². The van der Waals surface area contributed by atoms with Gasteiger partial charge in [-0.25, -0.2) is 4.79 Å². The number of likely N-dealkylation sites (tertiary alicyclic amines) is 1. The fraction of sp³-hybridized carbons (Fsp3) is 0.350. The average molecular weight is 359 g/mol. The van der Waals surface area contributed by atoms with Gasteiger partial charge < -0.3 is 15.0 Å². The Balaban J connectivity index is 1.55. The van der Waals surface area contributed by atoms with E-state index < -0.39 is 0 Å². The van der Waals surface area contributed by atoms with Crippen molar-refractivity contribution in [3.63, 3.8) is 0 Å². The molecule has 0 spiro atoms. The molecule has 1 unspecified atom stereocenters. The molecule has 0 bridgehead atoms. The SMILES string of the molecule is COC(c1ccccc1)C1CCN(C(=O)Nc2ccc(Cl)cc2)CC1.